The number of carbonyl (C=O) groups excluding carboxylic acids is 1. The van der Waals surface area contributed by atoms with Gasteiger partial charge in [0, 0.05) is 30.4 Å². The molecule has 1 amide bonds. The number of nitrogens with zero attached hydrogens (tertiary/aromatic N) is 5. The number of carbonyl (C=O) groups is 1. The van der Waals surface area contributed by atoms with Crippen LogP contribution in [0.25, 0.3) is 27.6 Å². The van der Waals surface area contributed by atoms with Gasteiger partial charge in [-0.15, -0.1) is 0 Å². The molecule has 1 fully saturated rings. The quantitative estimate of drug-likeness (QED) is 0.554. The van der Waals surface area contributed by atoms with Crippen molar-refractivity contribution in [3.63, 3.8) is 0 Å². The lowest BCUT2D eigenvalue weighted by Crippen LogP contribution is -2.36. The fraction of sp³-hybridized carbons (Fsp3) is 0.217. The number of nitrogens with two attached hydrogens (primary N) is 1. The Balaban J connectivity index is 1.82. The van der Waals surface area contributed by atoms with Gasteiger partial charge in [0.15, 0.2) is 0 Å². The van der Waals surface area contributed by atoms with E-state index in [1.807, 2.05) is 41.8 Å². The molecular formula is C23H20N6O2. The van der Waals surface area contributed by atoms with Gasteiger partial charge in [0.2, 0.25) is 0 Å². The summed E-state index contributed by atoms with van der Waals surface area (Å²) in [6.07, 6.45) is 1.69. The van der Waals surface area contributed by atoms with Gasteiger partial charge in [-0.2, -0.15) is 5.26 Å². The predicted octanol–water partition coefficient (Wildman–Crippen LogP) is 2.69. The highest BCUT2D eigenvalue weighted by Gasteiger charge is 2.21. The van der Waals surface area contributed by atoms with Crippen LogP contribution in [0.2, 0.25) is 0 Å². The van der Waals surface area contributed by atoms with Gasteiger partial charge in [-0.1, -0.05) is 12.1 Å². The number of hydrogen-bond donors (Lipinski definition) is 1. The number of ether oxygens (including phenoxy) is 1. The molecule has 1 saturated heterocycles. The lowest BCUT2D eigenvalue weighted by atomic mass is 10.1. The van der Waals surface area contributed by atoms with Crippen molar-refractivity contribution >= 4 is 33.5 Å². The number of benzene rings is 2. The third-order valence-corrected chi connectivity index (χ3v) is 5.66. The number of amides is 1. The first-order chi connectivity index (χ1) is 15.1. The van der Waals surface area contributed by atoms with Crippen LogP contribution >= 0.6 is 0 Å². The highest BCUT2D eigenvalue weighted by atomic mass is 16.5. The van der Waals surface area contributed by atoms with E-state index in [1.165, 1.54) is 0 Å². The Bertz CT molecular complexity index is 1380. The molecule has 0 saturated carbocycles. The maximum Gasteiger partial charge on any atom is 0.251 e. The molecule has 8 heteroatoms. The summed E-state index contributed by atoms with van der Waals surface area (Å²) >= 11 is 0. The third kappa shape index (κ3) is 3.07. The van der Waals surface area contributed by atoms with Gasteiger partial charge >= 0.3 is 0 Å². The summed E-state index contributed by atoms with van der Waals surface area (Å²) in [5.41, 5.74) is 10.3. The van der Waals surface area contributed by atoms with Crippen LogP contribution in [0.3, 0.4) is 0 Å². The molecular weight excluding hydrogens is 392 g/mol. The van der Waals surface area contributed by atoms with Crippen molar-refractivity contribution in [1.29, 1.82) is 5.26 Å². The van der Waals surface area contributed by atoms with Crippen molar-refractivity contribution in [2.24, 2.45) is 5.73 Å². The average molecular weight is 412 g/mol. The van der Waals surface area contributed by atoms with Gasteiger partial charge in [-0.3, -0.25) is 14.3 Å². The van der Waals surface area contributed by atoms with E-state index in [1.54, 1.807) is 12.3 Å². The summed E-state index contributed by atoms with van der Waals surface area (Å²) < 4.78 is 7.47. The molecule has 3 heterocycles. The number of aryl methyl sites for hydroxylation is 1. The Kier molecular flexibility index (Phi) is 4.53. The first kappa shape index (κ1) is 19.0. The van der Waals surface area contributed by atoms with E-state index in [4.69, 9.17) is 10.5 Å². The molecule has 0 unspecified atom stereocenters. The zero-order valence-electron chi connectivity index (χ0n) is 17.0. The number of nitriles is 1. The number of morpholine rings is 1. The minimum Gasteiger partial charge on any atom is -0.378 e. The number of aromatic nitrogens is 3. The summed E-state index contributed by atoms with van der Waals surface area (Å²) in [6.45, 7) is 4.63. The Morgan fingerprint density at radius 2 is 2.00 bits per heavy atom. The van der Waals surface area contributed by atoms with E-state index >= 15 is 0 Å². The number of hydrogen-bond acceptors (Lipinski definition) is 6. The molecule has 8 nitrogen and oxygen atoms in total. The van der Waals surface area contributed by atoms with E-state index in [0.717, 1.165) is 35.4 Å². The first-order valence-electron chi connectivity index (χ1n) is 10.0. The molecule has 0 radical (unpaired) electrons. The maximum atomic E-state index is 12.3. The third-order valence-electron chi connectivity index (χ3n) is 5.66. The number of pyridine rings is 1. The number of imidazole rings is 1. The maximum absolute atomic E-state index is 12.3. The second-order valence-electron chi connectivity index (χ2n) is 7.46. The molecule has 1 aliphatic heterocycles. The summed E-state index contributed by atoms with van der Waals surface area (Å²) in [7, 11) is 0. The van der Waals surface area contributed by atoms with Crippen LogP contribution in [0.15, 0.2) is 42.6 Å². The molecule has 0 atom stereocenters. The Hall–Kier alpha value is -3.96. The lowest BCUT2D eigenvalue weighted by Gasteiger charge is -2.29. The minimum atomic E-state index is -0.517. The fourth-order valence-corrected chi connectivity index (χ4v) is 4.22. The molecule has 1 aliphatic rings. The van der Waals surface area contributed by atoms with Crippen molar-refractivity contribution in [2.75, 3.05) is 31.2 Å². The summed E-state index contributed by atoms with van der Waals surface area (Å²) in [5.74, 6) is 0.197. The summed E-state index contributed by atoms with van der Waals surface area (Å²) in [6, 6.07) is 13.5. The predicted molar refractivity (Wildman–Crippen MR) is 117 cm³/mol. The van der Waals surface area contributed by atoms with Crippen molar-refractivity contribution in [1.82, 2.24) is 14.5 Å². The van der Waals surface area contributed by atoms with Crippen LogP contribution in [0.5, 0.6) is 0 Å². The monoisotopic (exact) mass is 412 g/mol. The van der Waals surface area contributed by atoms with Crippen molar-refractivity contribution < 1.29 is 9.53 Å². The molecule has 0 aliphatic carbocycles. The SMILES string of the molecule is Cc1nc2c(C(N)=O)cc(N3CCOCC3)cc2n1-c1ccnc2c(C#N)cccc12. The van der Waals surface area contributed by atoms with E-state index < -0.39 is 5.91 Å². The fourth-order valence-electron chi connectivity index (χ4n) is 4.22. The zero-order chi connectivity index (χ0) is 21.5. The number of anilines is 1. The van der Waals surface area contributed by atoms with Crippen molar-refractivity contribution in [3.8, 4) is 11.8 Å². The topological polar surface area (TPSA) is 110 Å². The molecule has 0 spiro atoms. The van der Waals surface area contributed by atoms with Crippen LogP contribution in [0.4, 0.5) is 5.69 Å². The smallest absolute Gasteiger partial charge is 0.251 e. The number of primary amides is 1. The molecule has 5 rings (SSSR count). The Morgan fingerprint density at radius 1 is 1.19 bits per heavy atom. The number of fused-ring (bicyclic) bond motifs is 2. The summed E-state index contributed by atoms with van der Waals surface area (Å²) in [5, 5.41) is 10.3. The van der Waals surface area contributed by atoms with Crippen LogP contribution in [0.1, 0.15) is 21.7 Å². The van der Waals surface area contributed by atoms with Gasteiger partial charge in [0.05, 0.1) is 41.1 Å². The molecule has 4 aromatic rings. The molecule has 2 aromatic carbocycles. The molecule has 154 valence electrons. The first-order valence-corrected chi connectivity index (χ1v) is 10.0. The van der Waals surface area contributed by atoms with E-state index in [-0.39, 0.29) is 0 Å². The lowest BCUT2D eigenvalue weighted by molar-refractivity contribution is 0.100. The van der Waals surface area contributed by atoms with Crippen LogP contribution in [0, 0.1) is 18.3 Å². The average Bonchev–Trinajstić information content (AvgIpc) is 3.13. The van der Waals surface area contributed by atoms with Gasteiger partial charge in [0.25, 0.3) is 5.91 Å². The highest BCUT2D eigenvalue weighted by Crippen LogP contribution is 2.32. The van der Waals surface area contributed by atoms with Gasteiger partial charge in [-0.05, 0) is 31.2 Å². The Morgan fingerprint density at radius 3 is 2.74 bits per heavy atom. The van der Waals surface area contributed by atoms with Crippen LogP contribution in [-0.4, -0.2) is 46.7 Å². The molecule has 2 N–H and O–H groups in total. The normalized spacial score (nSPS) is 14.1. The van der Waals surface area contributed by atoms with Crippen molar-refractivity contribution in [3.05, 3.63) is 59.5 Å². The zero-order valence-corrected chi connectivity index (χ0v) is 17.0. The largest absolute Gasteiger partial charge is 0.378 e. The van der Waals surface area contributed by atoms with E-state index in [2.05, 4.69) is 20.9 Å². The molecule has 2 aromatic heterocycles. The van der Waals surface area contributed by atoms with E-state index in [0.29, 0.717) is 41.2 Å². The summed E-state index contributed by atoms with van der Waals surface area (Å²) in [4.78, 5) is 23.6. The van der Waals surface area contributed by atoms with Crippen LogP contribution in [-0.2, 0) is 4.74 Å². The highest BCUT2D eigenvalue weighted by molar-refractivity contribution is 6.06. The molecule has 31 heavy (non-hydrogen) atoms. The number of para-hydroxylation sites is 1. The van der Waals surface area contributed by atoms with Gasteiger partial charge < -0.3 is 15.4 Å². The second kappa shape index (κ2) is 7.38. The van der Waals surface area contributed by atoms with Gasteiger partial charge in [0.1, 0.15) is 17.4 Å². The minimum absolute atomic E-state index is 0.386. The standard InChI is InChI=1S/C23H20N6O2/c1-14-27-22-18(23(25)30)11-16(28-7-9-31-10-8-28)12-20(22)29(14)19-5-6-26-21-15(13-24)3-2-4-17(19)21/h2-6,11-12H,7-10H2,1H3,(H2,25,30). The van der Waals surface area contributed by atoms with Crippen LogP contribution < -0.4 is 10.6 Å². The Labute approximate surface area is 178 Å². The second-order valence-corrected chi connectivity index (χ2v) is 7.46. The van der Waals surface area contributed by atoms with Gasteiger partial charge in [-0.25, -0.2) is 4.98 Å². The van der Waals surface area contributed by atoms with E-state index in [9.17, 15) is 10.1 Å². The van der Waals surface area contributed by atoms with Crippen molar-refractivity contribution in [2.45, 2.75) is 6.92 Å². The molecule has 0 bridgehead atoms. The number of rotatable bonds is 3.